The van der Waals surface area contributed by atoms with Gasteiger partial charge in [0.05, 0.1) is 12.3 Å². The molecule has 102 valence electrons. The van der Waals surface area contributed by atoms with Crippen molar-refractivity contribution in [2.24, 2.45) is 0 Å². The van der Waals surface area contributed by atoms with Crippen molar-refractivity contribution in [3.05, 3.63) is 41.7 Å². The molecule has 0 saturated carbocycles. The summed E-state index contributed by atoms with van der Waals surface area (Å²) in [7, 11) is 3.80. The van der Waals surface area contributed by atoms with E-state index in [-0.39, 0.29) is 0 Å². The number of H-pyrrole nitrogens is 1. The summed E-state index contributed by atoms with van der Waals surface area (Å²) in [6, 6.07) is 10.2. The van der Waals surface area contributed by atoms with Crippen LogP contribution in [-0.4, -0.2) is 42.2 Å². The first-order valence-electron chi connectivity index (χ1n) is 6.49. The first-order valence-corrected chi connectivity index (χ1v) is 6.49. The summed E-state index contributed by atoms with van der Waals surface area (Å²) in [6.07, 6.45) is 0. The van der Waals surface area contributed by atoms with Crippen LogP contribution in [0.15, 0.2) is 30.3 Å². The van der Waals surface area contributed by atoms with Crippen LogP contribution in [0.4, 0.5) is 0 Å². The molecule has 2 aromatic rings. The number of hydrogen-bond donors (Lipinski definition) is 1. The van der Waals surface area contributed by atoms with Crippen LogP contribution in [0.2, 0.25) is 0 Å². The number of aryl methyl sites for hydroxylation is 1. The molecule has 0 atom stereocenters. The fourth-order valence-electron chi connectivity index (χ4n) is 1.97. The summed E-state index contributed by atoms with van der Waals surface area (Å²) >= 11 is 0. The Balaban J connectivity index is 2.09. The van der Waals surface area contributed by atoms with Crippen LogP contribution in [0.5, 0.6) is 0 Å². The van der Waals surface area contributed by atoms with E-state index in [0.29, 0.717) is 0 Å². The van der Waals surface area contributed by atoms with E-state index in [4.69, 9.17) is 9.72 Å². The SMILES string of the molecule is COCCN(C)Cc1nc(-c2ccccc2)[nH]c1C. The Hall–Kier alpha value is -1.65. The maximum atomic E-state index is 5.09. The highest BCUT2D eigenvalue weighted by molar-refractivity contribution is 5.55. The van der Waals surface area contributed by atoms with Crippen LogP contribution < -0.4 is 0 Å². The second kappa shape index (κ2) is 6.50. The zero-order valence-corrected chi connectivity index (χ0v) is 11.8. The van der Waals surface area contributed by atoms with Crippen molar-refractivity contribution in [3.8, 4) is 11.4 Å². The van der Waals surface area contributed by atoms with Crippen LogP contribution in [0.3, 0.4) is 0 Å². The first-order chi connectivity index (χ1) is 9.20. The number of nitrogens with zero attached hydrogens (tertiary/aromatic N) is 2. The number of ether oxygens (including phenoxy) is 1. The molecule has 0 bridgehead atoms. The van der Waals surface area contributed by atoms with Crippen molar-refractivity contribution in [1.29, 1.82) is 0 Å². The molecule has 1 N–H and O–H groups in total. The largest absolute Gasteiger partial charge is 0.383 e. The van der Waals surface area contributed by atoms with Gasteiger partial charge in [-0.3, -0.25) is 4.90 Å². The van der Waals surface area contributed by atoms with Gasteiger partial charge in [-0.05, 0) is 14.0 Å². The molecule has 1 heterocycles. The molecule has 0 aliphatic heterocycles. The number of rotatable bonds is 6. The summed E-state index contributed by atoms with van der Waals surface area (Å²) in [5.74, 6) is 0.938. The molecule has 0 spiro atoms. The fraction of sp³-hybridized carbons (Fsp3) is 0.400. The lowest BCUT2D eigenvalue weighted by Crippen LogP contribution is -2.22. The van der Waals surface area contributed by atoms with E-state index in [9.17, 15) is 0 Å². The highest BCUT2D eigenvalue weighted by Crippen LogP contribution is 2.18. The standard InChI is InChI=1S/C15H21N3O/c1-12-14(11-18(2)9-10-19-3)17-15(16-12)13-7-5-4-6-8-13/h4-8H,9-11H2,1-3H3,(H,16,17). The molecule has 2 rings (SSSR count). The van der Waals surface area contributed by atoms with Gasteiger partial charge in [-0.2, -0.15) is 0 Å². The van der Waals surface area contributed by atoms with Crippen LogP contribution in [-0.2, 0) is 11.3 Å². The minimum atomic E-state index is 0.742. The third-order valence-corrected chi connectivity index (χ3v) is 3.13. The molecule has 0 radical (unpaired) electrons. The van der Waals surface area contributed by atoms with Gasteiger partial charge in [0, 0.05) is 31.5 Å². The zero-order valence-electron chi connectivity index (χ0n) is 11.8. The average Bonchev–Trinajstić information content (AvgIpc) is 2.79. The zero-order chi connectivity index (χ0) is 13.7. The van der Waals surface area contributed by atoms with Gasteiger partial charge < -0.3 is 9.72 Å². The molecule has 0 fully saturated rings. The molecular weight excluding hydrogens is 238 g/mol. The maximum Gasteiger partial charge on any atom is 0.137 e. The van der Waals surface area contributed by atoms with Crippen molar-refractivity contribution in [1.82, 2.24) is 14.9 Å². The predicted molar refractivity (Wildman–Crippen MR) is 77.0 cm³/mol. The number of imidazole rings is 1. The molecule has 0 amide bonds. The Morgan fingerprint density at radius 1 is 1.26 bits per heavy atom. The molecule has 0 aliphatic rings. The Morgan fingerprint density at radius 3 is 2.68 bits per heavy atom. The second-order valence-corrected chi connectivity index (χ2v) is 4.75. The van der Waals surface area contributed by atoms with E-state index in [2.05, 4.69) is 36.0 Å². The Morgan fingerprint density at radius 2 is 2.00 bits per heavy atom. The van der Waals surface area contributed by atoms with Gasteiger partial charge in [-0.15, -0.1) is 0 Å². The van der Waals surface area contributed by atoms with Gasteiger partial charge in [0.15, 0.2) is 0 Å². The van der Waals surface area contributed by atoms with Crippen molar-refractivity contribution in [2.75, 3.05) is 27.3 Å². The molecule has 0 aliphatic carbocycles. The van der Waals surface area contributed by atoms with Crippen molar-refractivity contribution in [2.45, 2.75) is 13.5 Å². The number of aromatic nitrogens is 2. The van der Waals surface area contributed by atoms with Gasteiger partial charge in [-0.25, -0.2) is 4.98 Å². The van der Waals surface area contributed by atoms with E-state index < -0.39 is 0 Å². The molecular formula is C15H21N3O. The Bertz CT molecular complexity index is 507. The molecule has 4 nitrogen and oxygen atoms in total. The van der Waals surface area contributed by atoms with Crippen LogP contribution in [0.25, 0.3) is 11.4 Å². The smallest absolute Gasteiger partial charge is 0.137 e. The Kier molecular flexibility index (Phi) is 4.71. The second-order valence-electron chi connectivity index (χ2n) is 4.75. The van der Waals surface area contributed by atoms with Gasteiger partial charge in [0.25, 0.3) is 0 Å². The molecule has 4 heteroatoms. The number of hydrogen-bond acceptors (Lipinski definition) is 3. The monoisotopic (exact) mass is 259 g/mol. The topological polar surface area (TPSA) is 41.1 Å². The van der Waals surface area contributed by atoms with Gasteiger partial charge in [-0.1, -0.05) is 30.3 Å². The molecule has 0 saturated heterocycles. The summed E-state index contributed by atoms with van der Waals surface area (Å²) < 4.78 is 5.09. The van der Waals surface area contributed by atoms with Crippen LogP contribution >= 0.6 is 0 Å². The van der Waals surface area contributed by atoms with Gasteiger partial charge in [0.1, 0.15) is 5.82 Å². The first kappa shape index (κ1) is 13.8. The molecule has 1 aromatic heterocycles. The van der Waals surface area contributed by atoms with E-state index in [1.165, 1.54) is 0 Å². The normalized spacial score (nSPS) is 11.2. The van der Waals surface area contributed by atoms with Crippen molar-refractivity contribution >= 4 is 0 Å². The summed E-state index contributed by atoms with van der Waals surface area (Å²) in [6.45, 7) is 4.55. The van der Waals surface area contributed by atoms with E-state index in [1.54, 1.807) is 7.11 Å². The maximum absolute atomic E-state index is 5.09. The molecule has 0 unspecified atom stereocenters. The van der Waals surface area contributed by atoms with Gasteiger partial charge >= 0.3 is 0 Å². The lowest BCUT2D eigenvalue weighted by atomic mass is 10.2. The van der Waals surface area contributed by atoms with Gasteiger partial charge in [0.2, 0.25) is 0 Å². The fourth-order valence-corrected chi connectivity index (χ4v) is 1.97. The Labute approximate surface area is 114 Å². The van der Waals surface area contributed by atoms with Crippen LogP contribution in [0, 0.1) is 6.92 Å². The highest BCUT2D eigenvalue weighted by Gasteiger charge is 2.10. The van der Waals surface area contributed by atoms with E-state index in [1.807, 2.05) is 18.2 Å². The van der Waals surface area contributed by atoms with E-state index in [0.717, 1.165) is 42.5 Å². The third kappa shape index (κ3) is 3.66. The number of methoxy groups -OCH3 is 1. The lowest BCUT2D eigenvalue weighted by molar-refractivity contribution is 0.158. The number of aromatic amines is 1. The van der Waals surface area contributed by atoms with Crippen LogP contribution in [0.1, 0.15) is 11.4 Å². The summed E-state index contributed by atoms with van der Waals surface area (Å²) in [5, 5.41) is 0. The summed E-state index contributed by atoms with van der Waals surface area (Å²) in [4.78, 5) is 10.3. The number of nitrogens with one attached hydrogen (secondary N) is 1. The number of likely N-dealkylation sites (N-methyl/N-ethyl adjacent to an activating group) is 1. The molecule has 19 heavy (non-hydrogen) atoms. The highest BCUT2D eigenvalue weighted by atomic mass is 16.5. The molecule has 1 aromatic carbocycles. The number of benzene rings is 1. The predicted octanol–water partition coefficient (Wildman–Crippen LogP) is 2.46. The summed E-state index contributed by atoms with van der Waals surface area (Å²) in [5.41, 5.74) is 3.34. The minimum absolute atomic E-state index is 0.742. The van der Waals surface area contributed by atoms with Crippen molar-refractivity contribution in [3.63, 3.8) is 0 Å². The minimum Gasteiger partial charge on any atom is -0.383 e. The van der Waals surface area contributed by atoms with E-state index >= 15 is 0 Å². The third-order valence-electron chi connectivity index (χ3n) is 3.13. The van der Waals surface area contributed by atoms with Crippen molar-refractivity contribution < 1.29 is 4.74 Å². The lowest BCUT2D eigenvalue weighted by Gasteiger charge is -2.14. The average molecular weight is 259 g/mol. The quantitative estimate of drug-likeness (QED) is 0.866.